The van der Waals surface area contributed by atoms with Crippen molar-refractivity contribution in [2.24, 2.45) is 0 Å². The molecule has 1 aliphatic rings. The molecule has 0 saturated carbocycles. The summed E-state index contributed by atoms with van der Waals surface area (Å²) in [5, 5.41) is 9.90. The molecule has 1 aromatic heterocycles. The van der Waals surface area contributed by atoms with Crippen molar-refractivity contribution in [3.05, 3.63) is 17.6 Å². The van der Waals surface area contributed by atoms with Gasteiger partial charge in [0, 0.05) is 19.3 Å². The lowest BCUT2D eigenvalue weighted by Crippen LogP contribution is -2.30. The highest BCUT2D eigenvalue weighted by Gasteiger charge is 2.32. The molecule has 0 bridgehead atoms. The van der Waals surface area contributed by atoms with Crippen LogP contribution in [-0.2, 0) is 0 Å². The Morgan fingerprint density at radius 3 is 2.80 bits per heavy atom. The zero-order chi connectivity index (χ0) is 11.1. The van der Waals surface area contributed by atoms with Crippen molar-refractivity contribution in [3.8, 4) is 0 Å². The number of aryl methyl sites for hydroxylation is 2. The Labute approximate surface area is 90.0 Å². The van der Waals surface area contributed by atoms with Crippen LogP contribution < -0.4 is 4.90 Å². The molecule has 0 amide bonds. The maximum absolute atomic E-state index is 9.90. The normalized spacial score (nSPS) is 26.0. The molecule has 1 atom stereocenters. The SMILES string of the molecule is Cc1cnc(C)c(N2CCC(C)(O)C2)n1. The first-order valence-electron chi connectivity index (χ1n) is 5.25. The summed E-state index contributed by atoms with van der Waals surface area (Å²) in [5.41, 5.74) is 1.26. The van der Waals surface area contributed by atoms with Gasteiger partial charge in [-0.2, -0.15) is 0 Å². The van der Waals surface area contributed by atoms with Crippen molar-refractivity contribution in [1.82, 2.24) is 9.97 Å². The number of hydrogen-bond acceptors (Lipinski definition) is 4. The summed E-state index contributed by atoms with van der Waals surface area (Å²) in [6.07, 6.45) is 2.56. The zero-order valence-electron chi connectivity index (χ0n) is 9.49. The van der Waals surface area contributed by atoms with Gasteiger partial charge < -0.3 is 10.0 Å². The monoisotopic (exact) mass is 207 g/mol. The van der Waals surface area contributed by atoms with Crippen LogP contribution in [0.2, 0.25) is 0 Å². The molecule has 4 heteroatoms. The molecule has 1 aromatic rings. The fraction of sp³-hybridized carbons (Fsp3) is 0.636. The van der Waals surface area contributed by atoms with Crippen LogP contribution in [0.25, 0.3) is 0 Å². The van der Waals surface area contributed by atoms with E-state index in [1.165, 1.54) is 0 Å². The molecule has 0 aromatic carbocycles. The van der Waals surface area contributed by atoms with Gasteiger partial charge in [-0.1, -0.05) is 0 Å². The van der Waals surface area contributed by atoms with Crippen molar-refractivity contribution in [2.45, 2.75) is 32.8 Å². The molecule has 1 saturated heterocycles. The van der Waals surface area contributed by atoms with E-state index < -0.39 is 5.60 Å². The van der Waals surface area contributed by atoms with Gasteiger partial charge in [0.1, 0.15) is 5.82 Å². The van der Waals surface area contributed by atoms with Crippen molar-refractivity contribution >= 4 is 5.82 Å². The Balaban J connectivity index is 2.27. The third-order valence-corrected chi connectivity index (χ3v) is 2.80. The van der Waals surface area contributed by atoms with E-state index >= 15 is 0 Å². The van der Waals surface area contributed by atoms with E-state index in [4.69, 9.17) is 0 Å². The van der Waals surface area contributed by atoms with Gasteiger partial charge in [-0.3, -0.25) is 4.98 Å². The van der Waals surface area contributed by atoms with E-state index in [0.29, 0.717) is 6.54 Å². The minimum absolute atomic E-state index is 0.585. The topological polar surface area (TPSA) is 49.2 Å². The standard InChI is InChI=1S/C11H17N3O/c1-8-6-12-9(2)10(13-8)14-5-4-11(3,15)7-14/h6,15H,4-5,7H2,1-3H3. The molecular formula is C11H17N3O. The third-order valence-electron chi connectivity index (χ3n) is 2.80. The largest absolute Gasteiger partial charge is 0.388 e. The third kappa shape index (κ3) is 2.09. The van der Waals surface area contributed by atoms with E-state index in [1.54, 1.807) is 6.20 Å². The Morgan fingerprint density at radius 1 is 1.47 bits per heavy atom. The Hall–Kier alpha value is -1.16. The summed E-state index contributed by atoms with van der Waals surface area (Å²) in [6, 6.07) is 0. The first-order valence-corrected chi connectivity index (χ1v) is 5.25. The van der Waals surface area contributed by atoms with Crippen LogP contribution >= 0.6 is 0 Å². The quantitative estimate of drug-likeness (QED) is 0.748. The van der Waals surface area contributed by atoms with Crippen molar-refractivity contribution in [2.75, 3.05) is 18.0 Å². The summed E-state index contributed by atoms with van der Waals surface area (Å²) in [4.78, 5) is 10.9. The van der Waals surface area contributed by atoms with Crippen LogP contribution in [0.5, 0.6) is 0 Å². The van der Waals surface area contributed by atoms with E-state index in [1.807, 2.05) is 20.8 Å². The van der Waals surface area contributed by atoms with E-state index in [2.05, 4.69) is 14.9 Å². The van der Waals surface area contributed by atoms with E-state index in [0.717, 1.165) is 30.2 Å². The lowest BCUT2D eigenvalue weighted by Gasteiger charge is -2.21. The number of anilines is 1. The molecule has 2 rings (SSSR count). The molecule has 0 aliphatic carbocycles. The lowest BCUT2D eigenvalue weighted by molar-refractivity contribution is 0.0839. The number of rotatable bonds is 1. The predicted molar refractivity (Wildman–Crippen MR) is 59.0 cm³/mol. The van der Waals surface area contributed by atoms with Crippen molar-refractivity contribution in [3.63, 3.8) is 0 Å². The van der Waals surface area contributed by atoms with Gasteiger partial charge in [-0.25, -0.2) is 4.98 Å². The number of β-amino-alcohol motifs (C(OH)–C–C–N with tert-alkyl or cyclic N) is 1. The second-order valence-electron chi connectivity index (χ2n) is 4.59. The van der Waals surface area contributed by atoms with Crippen LogP contribution in [0.4, 0.5) is 5.82 Å². The first kappa shape index (κ1) is 10.4. The molecule has 0 spiro atoms. The highest BCUT2D eigenvalue weighted by Crippen LogP contribution is 2.26. The predicted octanol–water partition coefficient (Wildman–Crippen LogP) is 1.05. The maximum atomic E-state index is 9.90. The molecule has 1 unspecified atom stereocenters. The van der Waals surface area contributed by atoms with Crippen molar-refractivity contribution in [1.29, 1.82) is 0 Å². The minimum Gasteiger partial charge on any atom is -0.388 e. The van der Waals surface area contributed by atoms with Gasteiger partial charge in [0.05, 0.1) is 17.0 Å². The van der Waals surface area contributed by atoms with E-state index in [-0.39, 0.29) is 0 Å². The zero-order valence-corrected chi connectivity index (χ0v) is 9.49. The van der Waals surface area contributed by atoms with Crippen molar-refractivity contribution < 1.29 is 5.11 Å². The van der Waals surface area contributed by atoms with Gasteiger partial charge in [0.2, 0.25) is 0 Å². The number of nitrogens with zero attached hydrogens (tertiary/aromatic N) is 3. The van der Waals surface area contributed by atoms with Gasteiger partial charge in [0.15, 0.2) is 0 Å². The highest BCUT2D eigenvalue weighted by molar-refractivity contribution is 5.45. The number of aromatic nitrogens is 2. The molecule has 4 nitrogen and oxygen atoms in total. The van der Waals surface area contributed by atoms with Gasteiger partial charge in [-0.15, -0.1) is 0 Å². The van der Waals surface area contributed by atoms with Crippen LogP contribution in [0, 0.1) is 13.8 Å². The van der Waals surface area contributed by atoms with Crippen LogP contribution in [0.15, 0.2) is 6.20 Å². The Kier molecular flexibility index (Phi) is 2.38. The van der Waals surface area contributed by atoms with Gasteiger partial charge in [0.25, 0.3) is 0 Å². The van der Waals surface area contributed by atoms with Gasteiger partial charge in [-0.05, 0) is 27.2 Å². The summed E-state index contributed by atoms with van der Waals surface area (Å²) in [7, 11) is 0. The summed E-state index contributed by atoms with van der Waals surface area (Å²) in [5.74, 6) is 0.910. The molecule has 15 heavy (non-hydrogen) atoms. The molecular weight excluding hydrogens is 190 g/mol. The van der Waals surface area contributed by atoms with Crippen LogP contribution in [-0.4, -0.2) is 33.8 Å². The summed E-state index contributed by atoms with van der Waals surface area (Å²) >= 11 is 0. The molecule has 2 heterocycles. The van der Waals surface area contributed by atoms with Gasteiger partial charge >= 0.3 is 0 Å². The highest BCUT2D eigenvalue weighted by atomic mass is 16.3. The summed E-state index contributed by atoms with van der Waals surface area (Å²) < 4.78 is 0. The first-order chi connectivity index (χ1) is 6.98. The minimum atomic E-state index is -0.585. The fourth-order valence-electron chi connectivity index (χ4n) is 1.95. The maximum Gasteiger partial charge on any atom is 0.150 e. The molecule has 82 valence electrons. The summed E-state index contributed by atoms with van der Waals surface area (Å²) in [6.45, 7) is 7.25. The molecule has 1 aliphatic heterocycles. The smallest absolute Gasteiger partial charge is 0.150 e. The fourth-order valence-corrected chi connectivity index (χ4v) is 1.95. The average Bonchev–Trinajstić information content (AvgIpc) is 2.50. The molecule has 1 N–H and O–H groups in total. The number of hydrogen-bond donors (Lipinski definition) is 1. The second kappa shape index (κ2) is 3.45. The molecule has 1 fully saturated rings. The Bertz CT molecular complexity index is 376. The second-order valence-corrected chi connectivity index (χ2v) is 4.59. The number of aliphatic hydroxyl groups is 1. The van der Waals surface area contributed by atoms with Crippen LogP contribution in [0.3, 0.4) is 0 Å². The lowest BCUT2D eigenvalue weighted by atomic mass is 10.1. The molecule has 0 radical (unpaired) electrons. The average molecular weight is 207 g/mol. The Morgan fingerprint density at radius 2 is 2.20 bits per heavy atom. The van der Waals surface area contributed by atoms with Crippen LogP contribution in [0.1, 0.15) is 24.7 Å². The van der Waals surface area contributed by atoms with E-state index in [9.17, 15) is 5.11 Å².